The van der Waals surface area contributed by atoms with E-state index in [9.17, 15) is 0 Å². The molecule has 0 aliphatic carbocycles. The molecule has 0 N–H and O–H groups in total. The summed E-state index contributed by atoms with van der Waals surface area (Å²) in [5.41, 5.74) is 3.46. The van der Waals surface area contributed by atoms with Crippen LogP contribution in [-0.4, -0.2) is 39.6 Å². The van der Waals surface area contributed by atoms with Gasteiger partial charge in [-0.15, -0.1) is 0 Å². The summed E-state index contributed by atoms with van der Waals surface area (Å²) in [5.74, 6) is 0. The molecular weight excluding hydrogens is 914 g/mol. The molecule has 3 nitrogen and oxygen atoms in total. The average molecular weight is 958 g/mol. The Morgan fingerprint density at radius 2 is 0.589 bits per heavy atom. The molecule has 278 valence electrons. The summed E-state index contributed by atoms with van der Waals surface area (Å²) in [7, 11) is -0.982. The molecule has 5 aromatic carbocycles. The van der Waals surface area contributed by atoms with Crippen molar-refractivity contribution in [3.8, 4) is 22.8 Å². The summed E-state index contributed by atoms with van der Waals surface area (Å²) < 4.78 is 0. The molecule has 0 atom stereocenters. The Labute approximate surface area is 349 Å². The second-order valence-electron chi connectivity index (χ2n) is 12.8. The summed E-state index contributed by atoms with van der Waals surface area (Å²) in [5, 5.41) is 7.50. The van der Waals surface area contributed by atoms with Crippen molar-refractivity contribution in [1.82, 2.24) is 15.0 Å². The van der Waals surface area contributed by atoms with E-state index in [1.54, 1.807) is 17.7 Å². The molecule has 0 unspecified atom stereocenters. The molecule has 0 radical (unpaired) electrons. The van der Waals surface area contributed by atoms with Gasteiger partial charge in [-0.05, 0) is 103 Å². The Morgan fingerprint density at radius 3 is 0.911 bits per heavy atom. The van der Waals surface area contributed by atoms with Crippen LogP contribution in [0.15, 0.2) is 219 Å². The van der Waals surface area contributed by atoms with E-state index in [2.05, 4.69) is 167 Å². The molecule has 3 aromatic heterocycles. The molecule has 3 heterocycles. The normalized spacial score (nSPS) is 10.8. The van der Waals surface area contributed by atoms with Gasteiger partial charge in [0.25, 0.3) is 0 Å². The van der Waals surface area contributed by atoms with E-state index < -0.39 is 0 Å². The summed E-state index contributed by atoms with van der Waals surface area (Å²) >= 11 is 0. The number of benzene rings is 5. The zero-order valence-electron chi connectivity index (χ0n) is 31.1. The molecule has 0 amide bonds. The number of rotatable bonds is 13. The van der Waals surface area contributed by atoms with Crippen molar-refractivity contribution in [2.45, 2.75) is 0 Å². The minimum absolute atomic E-state index is 0. The zero-order chi connectivity index (χ0) is 37.3. The number of hydrogen-bond acceptors (Lipinski definition) is 3. The third-order valence-corrected chi connectivity index (χ3v) is 17.5. The molecule has 0 saturated carbocycles. The first-order valence-electron chi connectivity index (χ1n) is 18.7. The van der Waals surface area contributed by atoms with Crippen molar-refractivity contribution in [1.29, 1.82) is 0 Å². The van der Waals surface area contributed by atoms with Crippen LogP contribution in [0.2, 0.25) is 0 Å². The van der Waals surface area contributed by atoms with Gasteiger partial charge in [0.1, 0.15) is 0 Å². The fourth-order valence-electron chi connectivity index (χ4n) is 6.45. The Balaban J connectivity index is 0.000000234. The van der Waals surface area contributed by atoms with E-state index >= 15 is 0 Å². The monoisotopic (exact) mass is 959 g/mol. The van der Waals surface area contributed by atoms with Gasteiger partial charge in [0.2, 0.25) is 0 Å². The standard InChI is InChI=1S/C34H33P3.C15H11N3.Os/c1-6-16-30(17-7-1)35(26-28-36(31-18-8-2-9-19-31)32-20-10-3-11-21-32)27-29-37(33-22-12-4-13-23-33)34-24-14-5-15-25-34;1-3-10-16-12(6-1)14-8-5-9-15(18-14)13-7-2-4-11-17-13;/h1-25H,26-29H2;1-11H;. The third kappa shape index (κ3) is 11.7. The van der Waals surface area contributed by atoms with Crippen molar-refractivity contribution >= 4 is 50.3 Å². The van der Waals surface area contributed by atoms with Crippen molar-refractivity contribution in [2.75, 3.05) is 24.6 Å². The maximum Gasteiger partial charge on any atom is 0.0894 e. The molecule has 0 spiro atoms. The molecular formula is C49H44N3OsP3. The predicted molar refractivity (Wildman–Crippen MR) is 241 cm³/mol. The predicted octanol–water partition coefficient (Wildman–Crippen LogP) is 10.3. The topological polar surface area (TPSA) is 38.7 Å². The van der Waals surface area contributed by atoms with Crippen LogP contribution in [0.25, 0.3) is 22.8 Å². The maximum absolute atomic E-state index is 4.59. The molecule has 7 heteroatoms. The van der Waals surface area contributed by atoms with Gasteiger partial charge in [-0.1, -0.05) is 178 Å². The molecule has 0 aliphatic heterocycles. The van der Waals surface area contributed by atoms with Gasteiger partial charge in [-0.3, -0.25) is 9.97 Å². The van der Waals surface area contributed by atoms with E-state index in [0.29, 0.717) is 0 Å². The number of aromatic nitrogens is 3. The first-order valence-corrected chi connectivity index (χ1v) is 23.4. The van der Waals surface area contributed by atoms with E-state index in [1.807, 2.05) is 54.6 Å². The van der Waals surface area contributed by atoms with Crippen molar-refractivity contribution in [2.24, 2.45) is 0 Å². The fourth-order valence-corrected chi connectivity index (χ4v) is 15.1. The fraction of sp³-hybridized carbons (Fsp3) is 0.0816. The van der Waals surface area contributed by atoms with E-state index in [0.717, 1.165) is 22.8 Å². The summed E-state index contributed by atoms with van der Waals surface area (Å²) in [6, 6.07) is 73.5. The van der Waals surface area contributed by atoms with Crippen LogP contribution in [0, 0.1) is 0 Å². The first-order chi connectivity index (χ1) is 27.3. The van der Waals surface area contributed by atoms with E-state index in [1.165, 1.54) is 45.9 Å². The van der Waals surface area contributed by atoms with Crippen LogP contribution >= 0.6 is 23.8 Å². The van der Waals surface area contributed by atoms with Gasteiger partial charge >= 0.3 is 0 Å². The Kier molecular flexibility index (Phi) is 16.4. The van der Waals surface area contributed by atoms with Gasteiger partial charge in [0.15, 0.2) is 0 Å². The zero-order valence-corrected chi connectivity index (χ0v) is 36.4. The van der Waals surface area contributed by atoms with Crippen LogP contribution in [0.4, 0.5) is 0 Å². The Bertz CT molecular complexity index is 2050. The van der Waals surface area contributed by atoms with E-state index in [4.69, 9.17) is 0 Å². The van der Waals surface area contributed by atoms with Crippen molar-refractivity contribution in [3.05, 3.63) is 219 Å². The molecule has 8 rings (SSSR count). The van der Waals surface area contributed by atoms with Crippen LogP contribution in [0.1, 0.15) is 0 Å². The number of nitrogens with zero attached hydrogens (tertiary/aromatic N) is 3. The minimum Gasteiger partial charge on any atom is -0.255 e. The average Bonchev–Trinajstić information content (AvgIpc) is 3.28. The van der Waals surface area contributed by atoms with Gasteiger partial charge in [0, 0.05) is 32.2 Å². The smallest absolute Gasteiger partial charge is 0.0894 e. The quantitative estimate of drug-likeness (QED) is 0.108. The SMILES string of the molecule is [Os].c1ccc(-c2cccc(-c3ccccn3)n2)nc1.c1ccc(P(CCP(c2ccccc2)c2ccccc2)CCP(c2ccccc2)c2ccccc2)cc1. The molecule has 0 aliphatic rings. The van der Waals surface area contributed by atoms with Crippen LogP contribution in [0.5, 0.6) is 0 Å². The molecule has 56 heavy (non-hydrogen) atoms. The van der Waals surface area contributed by atoms with Gasteiger partial charge in [-0.25, -0.2) is 4.98 Å². The third-order valence-electron chi connectivity index (χ3n) is 9.18. The van der Waals surface area contributed by atoms with Gasteiger partial charge < -0.3 is 0 Å². The number of pyridine rings is 3. The number of hydrogen-bond donors (Lipinski definition) is 0. The second kappa shape index (κ2) is 22.3. The summed E-state index contributed by atoms with van der Waals surface area (Å²) in [6.07, 6.45) is 8.54. The largest absolute Gasteiger partial charge is 0.255 e. The first kappa shape index (κ1) is 41.1. The minimum atomic E-state index is -0.366. The van der Waals surface area contributed by atoms with Gasteiger partial charge in [0.05, 0.1) is 22.8 Å². The Hall–Kier alpha value is -4.52. The molecule has 0 fully saturated rings. The Morgan fingerprint density at radius 1 is 0.286 bits per heavy atom. The molecule has 8 aromatic rings. The molecule has 0 bridgehead atoms. The second-order valence-corrected chi connectivity index (χ2v) is 20.0. The van der Waals surface area contributed by atoms with Crippen LogP contribution in [-0.2, 0) is 19.8 Å². The summed E-state index contributed by atoms with van der Waals surface area (Å²) in [4.78, 5) is 13.2. The van der Waals surface area contributed by atoms with Crippen molar-refractivity contribution in [3.63, 3.8) is 0 Å². The van der Waals surface area contributed by atoms with E-state index in [-0.39, 0.29) is 43.6 Å². The summed E-state index contributed by atoms with van der Waals surface area (Å²) in [6.45, 7) is 0. The van der Waals surface area contributed by atoms with Gasteiger partial charge in [-0.2, -0.15) is 0 Å². The maximum atomic E-state index is 4.59. The molecule has 0 saturated heterocycles. The van der Waals surface area contributed by atoms with Crippen LogP contribution < -0.4 is 26.5 Å². The van der Waals surface area contributed by atoms with Crippen LogP contribution in [0.3, 0.4) is 0 Å². The van der Waals surface area contributed by atoms with Crippen molar-refractivity contribution < 1.29 is 19.8 Å².